The lowest BCUT2D eigenvalue weighted by Gasteiger charge is -2.33. The Labute approximate surface area is 81.5 Å². The molecule has 1 aliphatic rings. The average Bonchev–Trinajstić information content (AvgIpc) is 2.03. The molecule has 0 amide bonds. The Hall–Kier alpha value is 0.210. The minimum Gasteiger partial charge on any atom is -0.385 e. The molecule has 3 heteroatoms. The van der Waals surface area contributed by atoms with Crippen molar-refractivity contribution in [2.45, 2.75) is 26.2 Å². The van der Waals surface area contributed by atoms with Gasteiger partial charge in [0.05, 0.1) is 0 Å². The molecule has 74 valence electrons. The quantitative estimate of drug-likeness (QED) is 0.739. The van der Waals surface area contributed by atoms with Crippen LogP contribution in [0.15, 0.2) is 0 Å². The first kappa shape index (κ1) is 12.2. The molecule has 2 nitrogen and oxygen atoms in total. The number of ether oxygens (including phenoxy) is 1. The van der Waals surface area contributed by atoms with E-state index in [-0.39, 0.29) is 12.4 Å². The van der Waals surface area contributed by atoms with Crippen LogP contribution in [-0.4, -0.2) is 26.8 Å². The van der Waals surface area contributed by atoms with Gasteiger partial charge in [-0.25, -0.2) is 0 Å². The van der Waals surface area contributed by atoms with E-state index in [9.17, 15) is 0 Å². The van der Waals surface area contributed by atoms with E-state index >= 15 is 0 Å². The largest absolute Gasteiger partial charge is 0.385 e. The average molecular weight is 194 g/mol. The van der Waals surface area contributed by atoms with Crippen molar-refractivity contribution in [2.24, 2.45) is 5.41 Å². The molecule has 0 bridgehead atoms. The number of hydrogen-bond acceptors (Lipinski definition) is 2. The van der Waals surface area contributed by atoms with E-state index in [0.29, 0.717) is 5.41 Å². The van der Waals surface area contributed by atoms with E-state index in [2.05, 4.69) is 12.2 Å². The third kappa shape index (κ3) is 3.74. The van der Waals surface area contributed by atoms with Crippen LogP contribution in [0, 0.1) is 5.41 Å². The van der Waals surface area contributed by atoms with Gasteiger partial charge in [-0.15, -0.1) is 12.4 Å². The number of rotatable bonds is 3. The molecule has 0 aromatic rings. The smallest absolute Gasteiger partial charge is 0.0467 e. The molecule has 0 radical (unpaired) electrons. The van der Waals surface area contributed by atoms with Gasteiger partial charge in [-0.1, -0.05) is 6.92 Å². The van der Waals surface area contributed by atoms with Crippen molar-refractivity contribution in [3.63, 3.8) is 0 Å². The zero-order valence-electron chi connectivity index (χ0n) is 8.06. The minimum atomic E-state index is 0. The Kier molecular flexibility index (Phi) is 5.89. The van der Waals surface area contributed by atoms with Gasteiger partial charge in [0.25, 0.3) is 0 Å². The molecule has 0 spiro atoms. The number of piperidine rings is 1. The van der Waals surface area contributed by atoms with Crippen molar-refractivity contribution in [1.82, 2.24) is 5.32 Å². The maximum absolute atomic E-state index is 5.09. The summed E-state index contributed by atoms with van der Waals surface area (Å²) in [6, 6.07) is 0. The van der Waals surface area contributed by atoms with Gasteiger partial charge in [0.2, 0.25) is 0 Å². The summed E-state index contributed by atoms with van der Waals surface area (Å²) < 4.78 is 5.09. The van der Waals surface area contributed by atoms with E-state index in [1.165, 1.54) is 32.4 Å². The van der Waals surface area contributed by atoms with Crippen LogP contribution in [0.3, 0.4) is 0 Å². The molecular weight excluding hydrogens is 174 g/mol. The highest BCUT2D eigenvalue weighted by Crippen LogP contribution is 2.31. The van der Waals surface area contributed by atoms with Gasteiger partial charge >= 0.3 is 0 Å². The van der Waals surface area contributed by atoms with E-state index in [1.54, 1.807) is 7.11 Å². The van der Waals surface area contributed by atoms with Crippen molar-refractivity contribution in [3.8, 4) is 0 Å². The first-order valence-corrected chi connectivity index (χ1v) is 4.46. The second-order valence-corrected chi connectivity index (χ2v) is 3.80. The van der Waals surface area contributed by atoms with Crippen LogP contribution in [0.4, 0.5) is 0 Å². The molecular formula is C9H20ClNO. The zero-order chi connectivity index (χ0) is 8.16. The van der Waals surface area contributed by atoms with E-state index < -0.39 is 0 Å². The molecule has 1 saturated heterocycles. The molecule has 0 atom stereocenters. The molecule has 0 aromatic heterocycles. The SMILES string of the molecule is COCCC1(C)CCNCC1.Cl. The third-order valence-corrected chi connectivity index (χ3v) is 2.72. The van der Waals surface area contributed by atoms with Gasteiger partial charge in [0.15, 0.2) is 0 Å². The molecule has 1 rings (SSSR count). The van der Waals surface area contributed by atoms with Crippen LogP contribution >= 0.6 is 12.4 Å². The van der Waals surface area contributed by atoms with E-state index in [1.807, 2.05) is 0 Å². The lowest BCUT2D eigenvalue weighted by molar-refractivity contribution is 0.121. The first-order valence-electron chi connectivity index (χ1n) is 4.46. The van der Waals surface area contributed by atoms with Gasteiger partial charge in [-0.05, 0) is 37.8 Å². The fourth-order valence-electron chi connectivity index (χ4n) is 1.63. The highest BCUT2D eigenvalue weighted by molar-refractivity contribution is 5.85. The van der Waals surface area contributed by atoms with Crippen LogP contribution in [0.25, 0.3) is 0 Å². The van der Waals surface area contributed by atoms with Crippen molar-refractivity contribution >= 4 is 12.4 Å². The summed E-state index contributed by atoms with van der Waals surface area (Å²) in [6.07, 6.45) is 3.82. The standard InChI is InChI=1S/C9H19NO.ClH/c1-9(5-8-11-2)3-6-10-7-4-9;/h10H,3-8H2,1-2H3;1H. The normalized spacial score (nSPS) is 21.5. The fraction of sp³-hybridized carbons (Fsp3) is 1.00. The van der Waals surface area contributed by atoms with Gasteiger partial charge in [0, 0.05) is 13.7 Å². The molecule has 0 aliphatic carbocycles. The predicted octanol–water partition coefficient (Wildman–Crippen LogP) is 1.83. The zero-order valence-corrected chi connectivity index (χ0v) is 8.88. The molecule has 12 heavy (non-hydrogen) atoms. The third-order valence-electron chi connectivity index (χ3n) is 2.72. The number of hydrogen-bond donors (Lipinski definition) is 1. The van der Waals surface area contributed by atoms with Crippen molar-refractivity contribution in [1.29, 1.82) is 0 Å². The molecule has 0 aromatic carbocycles. The second kappa shape index (κ2) is 5.79. The van der Waals surface area contributed by atoms with Crippen LogP contribution in [0.1, 0.15) is 26.2 Å². The van der Waals surface area contributed by atoms with Crippen molar-refractivity contribution in [2.75, 3.05) is 26.8 Å². The van der Waals surface area contributed by atoms with E-state index in [4.69, 9.17) is 4.74 Å². The number of nitrogens with one attached hydrogen (secondary N) is 1. The lowest BCUT2D eigenvalue weighted by Crippen LogP contribution is -2.35. The number of methoxy groups -OCH3 is 1. The van der Waals surface area contributed by atoms with Crippen LogP contribution in [-0.2, 0) is 4.74 Å². The predicted molar refractivity (Wildman–Crippen MR) is 54.0 cm³/mol. The van der Waals surface area contributed by atoms with Gasteiger partial charge in [-0.2, -0.15) is 0 Å². The van der Waals surface area contributed by atoms with Crippen LogP contribution in [0.2, 0.25) is 0 Å². The van der Waals surface area contributed by atoms with Crippen LogP contribution < -0.4 is 5.32 Å². The Balaban J connectivity index is 0.00000121. The monoisotopic (exact) mass is 193 g/mol. The van der Waals surface area contributed by atoms with Gasteiger partial charge in [0.1, 0.15) is 0 Å². The molecule has 1 N–H and O–H groups in total. The summed E-state index contributed by atoms with van der Waals surface area (Å²) in [7, 11) is 1.78. The minimum absolute atomic E-state index is 0. The van der Waals surface area contributed by atoms with Crippen molar-refractivity contribution in [3.05, 3.63) is 0 Å². The Morgan fingerprint density at radius 3 is 2.42 bits per heavy atom. The summed E-state index contributed by atoms with van der Waals surface area (Å²) in [6.45, 7) is 5.64. The maximum Gasteiger partial charge on any atom is 0.0467 e. The summed E-state index contributed by atoms with van der Waals surface area (Å²) in [5.41, 5.74) is 0.543. The Bertz CT molecular complexity index is 113. The summed E-state index contributed by atoms with van der Waals surface area (Å²) in [4.78, 5) is 0. The van der Waals surface area contributed by atoms with Gasteiger partial charge in [-0.3, -0.25) is 0 Å². The highest BCUT2D eigenvalue weighted by Gasteiger charge is 2.25. The van der Waals surface area contributed by atoms with Crippen molar-refractivity contribution < 1.29 is 4.74 Å². The number of halogens is 1. The summed E-state index contributed by atoms with van der Waals surface area (Å²) in [5, 5.41) is 3.38. The topological polar surface area (TPSA) is 21.3 Å². The molecule has 0 unspecified atom stereocenters. The molecule has 1 heterocycles. The maximum atomic E-state index is 5.09. The molecule has 1 aliphatic heterocycles. The summed E-state index contributed by atoms with van der Waals surface area (Å²) >= 11 is 0. The highest BCUT2D eigenvalue weighted by atomic mass is 35.5. The lowest BCUT2D eigenvalue weighted by atomic mass is 9.78. The van der Waals surface area contributed by atoms with E-state index in [0.717, 1.165) is 6.61 Å². The first-order chi connectivity index (χ1) is 5.27. The summed E-state index contributed by atoms with van der Waals surface area (Å²) in [5.74, 6) is 0. The Morgan fingerprint density at radius 1 is 1.33 bits per heavy atom. The van der Waals surface area contributed by atoms with Gasteiger partial charge < -0.3 is 10.1 Å². The Morgan fingerprint density at radius 2 is 1.92 bits per heavy atom. The second-order valence-electron chi connectivity index (χ2n) is 3.80. The fourth-order valence-corrected chi connectivity index (χ4v) is 1.63. The molecule has 1 fully saturated rings. The molecule has 0 saturated carbocycles. The van der Waals surface area contributed by atoms with Crippen LogP contribution in [0.5, 0.6) is 0 Å².